The van der Waals surface area contributed by atoms with Crippen molar-refractivity contribution in [3.63, 3.8) is 0 Å². The molecule has 43 heavy (non-hydrogen) atoms. The highest BCUT2D eigenvalue weighted by molar-refractivity contribution is 5.82. The molecule has 12 nitrogen and oxygen atoms in total. The van der Waals surface area contributed by atoms with Crippen LogP contribution in [-0.4, -0.2) is 57.7 Å². The van der Waals surface area contributed by atoms with Crippen molar-refractivity contribution in [2.24, 2.45) is 0 Å². The van der Waals surface area contributed by atoms with E-state index in [1.165, 1.54) is 0 Å². The monoisotopic (exact) mass is 576 g/mol. The summed E-state index contributed by atoms with van der Waals surface area (Å²) in [7, 11) is 0. The Hall–Kier alpha value is -5.31. The van der Waals surface area contributed by atoms with E-state index >= 15 is 0 Å². The number of benzene rings is 1. The molecule has 5 aromatic rings. The molecule has 0 aliphatic carbocycles. The molecule has 5 heterocycles. The minimum atomic E-state index is -0.610. The van der Waals surface area contributed by atoms with Crippen molar-refractivity contribution in [3.8, 4) is 17.7 Å². The summed E-state index contributed by atoms with van der Waals surface area (Å²) in [4.78, 5) is 24.6. The van der Waals surface area contributed by atoms with Crippen LogP contribution in [0, 0.1) is 25.2 Å². The van der Waals surface area contributed by atoms with Gasteiger partial charge in [-0.15, -0.1) is 5.10 Å². The molecule has 1 aliphatic rings. The number of pyridine rings is 1. The number of hydrogen-bond donors (Lipinski definition) is 1. The van der Waals surface area contributed by atoms with Crippen molar-refractivity contribution in [2.45, 2.75) is 59.1 Å². The Morgan fingerprint density at radius 2 is 1.93 bits per heavy atom. The molecule has 0 bridgehead atoms. The lowest BCUT2D eigenvalue weighted by atomic mass is 10.1. The molecule has 1 fully saturated rings. The number of rotatable bonds is 5. The van der Waals surface area contributed by atoms with Crippen molar-refractivity contribution in [1.82, 2.24) is 39.4 Å². The van der Waals surface area contributed by atoms with Crippen LogP contribution in [-0.2, 0) is 4.74 Å². The van der Waals surface area contributed by atoms with Crippen LogP contribution in [0.25, 0.3) is 22.7 Å². The first-order valence-electron chi connectivity index (χ1n) is 14.1. The Bertz CT molecular complexity index is 1860. The number of nitrogens with one attached hydrogen (secondary N) is 1. The number of carbonyl (C=O) groups is 1. The number of likely N-dealkylation sites (tertiary alicyclic amines) is 1. The van der Waals surface area contributed by atoms with Crippen molar-refractivity contribution < 1.29 is 9.53 Å². The summed E-state index contributed by atoms with van der Waals surface area (Å²) < 4.78 is 9.30. The van der Waals surface area contributed by atoms with Gasteiger partial charge in [-0.1, -0.05) is 0 Å². The standard InChI is InChI=1S/C31H32N10O2/c1-19-8-12-27(37-36-19)34-21-9-11-26-24(16-21)33-18-40(26)28-13-10-23(29(35-28)41-20(2)15-22(17-32)38-41)25-7-6-14-39(25)30(42)43-31(3,4)5/h8-13,15-16,18,25H,6-7,14H2,1-5H3,(H,34,37). The number of hydrogen-bond acceptors (Lipinski definition) is 9. The van der Waals surface area contributed by atoms with Gasteiger partial charge in [0.25, 0.3) is 0 Å². The number of nitriles is 1. The van der Waals surface area contributed by atoms with Gasteiger partial charge in [-0.05, 0) is 96.0 Å². The summed E-state index contributed by atoms with van der Waals surface area (Å²) in [5.41, 5.74) is 4.58. The van der Waals surface area contributed by atoms with Crippen molar-refractivity contribution in [3.05, 3.63) is 77.5 Å². The molecule has 1 unspecified atom stereocenters. The first-order chi connectivity index (χ1) is 20.6. The van der Waals surface area contributed by atoms with Crippen molar-refractivity contribution >= 4 is 28.6 Å². The number of ether oxygens (including phenoxy) is 1. The highest BCUT2D eigenvalue weighted by Crippen LogP contribution is 2.37. The van der Waals surface area contributed by atoms with Crippen LogP contribution in [0.1, 0.15) is 62.3 Å². The van der Waals surface area contributed by atoms with E-state index in [9.17, 15) is 10.1 Å². The zero-order valence-corrected chi connectivity index (χ0v) is 24.7. The van der Waals surface area contributed by atoms with Gasteiger partial charge in [0.1, 0.15) is 23.8 Å². The fourth-order valence-electron chi connectivity index (χ4n) is 5.27. The van der Waals surface area contributed by atoms with Crippen LogP contribution in [0.15, 0.2) is 54.9 Å². The highest BCUT2D eigenvalue weighted by Gasteiger charge is 2.35. The second-order valence-corrected chi connectivity index (χ2v) is 11.6. The topological polar surface area (TPSA) is 140 Å². The van der Waals surface area contributed by atoms with Gasteiger partial charge in [-0.2, -0.15) is 15.5 Å². The third-order valence-corrected chi connectivity index (χ3v) is 7.20. The Morgan fingerprint density at radius 1 is 1.09 bits per heavy atom. The second-order valence-electron chi connectivity index (χ2n) is 11.6. The van der Waals surface area contributed by atoms with Gasteiger partial charge < -0.3 is 15.0 Å². The lowest BCUT2D eigenvalue weighted by Gasteiger charge is -2.29. The number of imidazole rings is 1. The van der Waals surface area contributed by atoms with E-state index in [4.69, 9.17) is 9.72 Å². The molecule has 0 radical (unpaired) electrons. The molecule has 12 heteroatoms. The molecule has 1 atom stereocenters. The van der Waals surface area contributed by atoms with Crippen LogP contribution >= 0.6 is 0 Å². The highest BCUT2D eigenvalue weighted by atomic mass is 16.6. The van der Waals surface area contributed by atoms with Crippen LogP contribution in [0.4, 0.5) is 16.3 Å². The number of aromatic nitrogens is 7. The molecule has 6 rings (SSSR count). The fraction of sp³-hybridized carbons (Fsp3) is 0.323. The minimum absolute atomic E-state index is 0.251. The smallest absolute Gasteiger partial charge is 0.410 e. The lowest BCUT2D eigenvalue weighted by molar-refractivity contribution is 0.0224. The predicted octanol–water partition coefficient (Wildman–Crippen LogP) is 5.70. The number of aryl methyl sites for hydroxylation is 2. The van der Waals surface area contributed by atoms with Crippen LogP contribution < -0.4 is 5.32 Å². The van der Waals surface area contributed by atoms with Crippen LogP contribution in [0.2, 0.25) is 0 Å². The van der Waals surface area contributed by atoms with E-state index in [0.717, 1.165) is 46.5 Å². The first kappa shape index (κ1) is 27.8. The molecule has 1 saturated heterocycles. The maximum absolute atomic E-state index is 13.2. The quantitative estimate of drug-likeness (QED) is 0.279. The van der Waals surface area contributed by atoms with Gasteiger partial charge in [0.05, 0.1) is 22.8 Å². The number of amides is 1. The Balaban J connectivity index is 1.40. The predicted molar refractivity (Wildman–Crippen MR) is 160 cm³/mol. The third kappa shape index (κ3) is 5.61. The zero-order valence-electron chi connectivity index (χ0n) is 24.7. The second kappa shape index (κ2) is 10.8. The molecule has 0 saturated carbocycles. The maximum atomic E-state index is 13.2. The largest absolute Gasteiger partial charge is 0.444 e. The molecule has 1 aliphatic heterocycles. The molecule has 218 valence electrons. The summed E-state index contributed by atoms with van der Waals surface area (Å²) >= 11 is 0. The fourth-order valence-corrected chi connectivity index (χ4v) is 5.27. The Labute approximate surface area is 249 Å². The number of fused-ring (bicyclic) bond motifs is 1. The normalized spacial score (nSPS) is 15.1. The van der Waals surface area contributed by atoms with Gasteiger partial charge in [0.2, 0.25) is 0 Å². The van der Waals surface area contributed by atoms with Crippen LogP contribution in [0.3, 0.4) is 0 Å². The summed E-state index contributed by atoms with van der Waals surface area (Å²) in [5.74, 6) is 1.82. The van der Waals surface area contributed by atoms with E-state index in [-0.39, 0.29) is 17.8 Å². The molecule has 1 N–H and O–H groups in total. The van der Waals surface area contributed by atoms with E-state index in [1.807, 2.05) is 81.7 Å². The lowest BCUT2D eigenvalue weighted by Crippen LogP contribution is -2.36. The minimum Gasteiger partial charge on any atom is -0.444 e. The van der Waals surface area contributed by atoms with E-state index in [0.29, 0.717) is 24.0 Å². The third-order valence-electron chi connectivity index (χ3n) is 7.20. The molecule has 1 aromatic carbocycles. The summed E-state index contributed by atoms with van der Waals surface area (Å²) in [6, 6.07) is 17.1. The van der Waals surface area contributed by atoms with Gasteiger partial charge >= 0.3 is 6.09 Å². The zero-order chi connectivity index (χ0) is 30.3. The van der Waals surface area contributed by atoms with Crippen molar-refractivity contribution in [1.29, 1.82) is 5.26 Å². The first-order valence-corrected chi connectivity index (χ1v) is 14.1. The summed E-state index contributed by atoms with van der Waals surface area (Å²) in [6.45, 7) is 9.94. The Kier molecular flexibility index (Phi) is 7.01. The number of anilines is 2. The van der Waals surface area contributed by atoms with E-state index in [2.05, 4.69) is 31.7 Å². The van der Waals surface area contributed by atoms with E-state index < -0.39 is 5.60 Å². The summed E-state index contributed by atoms with van der Waals surface area (Å²) in [5, 5.41) is 25.6. The van der Waals surface area contributed by atoms with Gasteiger partial charge in [-0.25, -0.2) is 19.4 Å². The van der Waals surface area contributed by atoms with E-state index in [1.54, 1.807) is 22.0 Å². The van der Waals surface area contributed by atoms with Gasteiger partial charge in [0.15, 0.2) is 17.3 Å². The Morgan fingerprint density at radius 3 is 2.65 bits per heavy atom. The number of nitrogens with zero attached hydrogens (tertiary/aromatic N) is 9. The molecular weight excluding hydrogens is 544 g/mol. The molecule has 0 spiro atoms. The van der Waals surface area contributed by atoms with Crippen LogP contribution in [0.5, 0.6) is 0 Å². The van der Waals surface area contributed by atoms with Gasteiger partial charge in [-0.3, -0.25) is 4.57 Å². The molecular formula is C31H32N10O2. The van der Waals surface area contributed by atoms with Crippen molar-refractivity contribution in [2.75, 3.05) is 11.9 Å². The SMILES string of the molecule is Cc1ccc(Nc2ccc3c(c2)ncn3-c2ccc(C3CCCN3C(=O)OC(C)(C)C)c(-n3nc(C#N)cc3C)n2)nn1. The number of carbonyl (C=O) groups excluding carboxylic acids is 1. The summed E-state index contributed by atoms with van der Waals surface area (Å²) in [6.07, 6.45) is 2.96. The average molecular weight is 577 g/mol. The average Bonchev–Trinajstić information content (AvgIpc) is 3.71. The molecule has 1 amide bonds. The maximum Gasteiger partial charge on any atom is 0.410 e. The molecule has 4 aromatic heterocycles. The van der Waals surface area contributed by atoms with Gasteiger partial charge in [0, 0.05) is 23.5 Å².